The van der Waals surface area contributed by atoms with Gasteiger partial charge >= 0.3 is 12.0 Å². The summed E-state index contributed by atoms with van der Waals surface area (Å²) in [5, 5.41) is 9.66. The van der Waals surface area contributed by atoms with Gasteiger partial charge in [-0.3, -0.25) is 9.69 Å². The molecule has 5 rings (SSSR count). The molecule has 2 aromatic rings. The first-order valence-electron chi connectivity index (χ1n) is 15.4. The molecule has 0 radical (unpaired) electrons. The summed E-state index contributed by atoms with van der Waals surface area (Å²) in [6.45, 7) is 6.34. The minimum absolute atomic E-state index is 0.0343. The number of allylic oxidation sites excluding steroid dienone is 2. The Bertz CT molecular complexity index is 1320. The zero-order valence-corrected chi connectivity index (χ0v) is 26.6. The second kappa shape index (κ2) is 14.3. The lowest BCUT2D eigenvalue weighted by atomic mass is 9.76. The molecule has 1 N–H and O–H groups in total. The molecule has 2 fully saturated rings. The Morgan fingerprint density at radius 1 is 1.05 bits per heavy atom. The number of hydrogen-bond acceptors (Lipinski definition) is 9. The summed E-state index contributed by atoms with van der Waals surface area (Å²) in [5.41, 5.74) is 1.45. The fraction of sp³-hybridized carbons (Fsp3) is 0.545. The molecule has 0 bridgehead atoms. The minimum atomic E-state index is -1.04. The number of piperidine rings is 1. The first-order valence-corrected chi connectivity index (χ1v) is 15.7. The van der Waals surface area contributed by atoms with Crippen LogP contribution in [-0.2, 0) is 16.1 Å². The van der Waals surface area contributed by atoms with E-state index in [0.717, 1.165) is 37.2 Å². The highest BCUT2D eigenvalue weighted by atomic mass is 35.5. The van der Waals surface area contributed by atoms with Crippen LogP contribution in [0.3, 0.4) is 0 Å². The molecular weight excluding hydrogens is 584 g/mol. The van der Waals surface area contributed by atoms with Crippen molar-refractivity contribution in [2.75, 3.05) is 53.6 Å². The van der Waals surface area contributed by atoms with Crippen molar-refractivity contribution in [1.82, 2.24) is 19.8 Å². The van der Waals surface area contributed by atoms with E-state index in [2.05, 4.69) is 14.9 Å². The highest BCUT2D eigenvalue weighted by Crippen LogP contribution is 2.47. The van der Waals surface area contributed by atoms with Gasteiger partial charge in [0.25, 0.3) is 0 Å². The fourth-order valence-electron chi connectivity index (χ4n) is 6.41. The molecule has 10 nitrogen and oxygen atoms in total. The van der Waals surface area contributed by atoms with Crippen LogP contribution in [0.1, 0.15) is 50.2 Å². The van der Waals surface area contributed by atoms with Crippen molar-refractivity contribution in [2.45, 2.75) is 62.1 Å². The first-order chi connectivity index (χ1) is 21.3. The number of nitrogens with zero attached hydrogens (tertiary/aromatic N) is 4. The maximum absolute atomic E-state index is 11.8. The number of benzene rings is 1. The van der Waals surface area contributed by atoms with Crippen LogP contribution in [0.5, 0.6) is 17.8 Å². The summed E-state index contributed by atoms with van der Waals surface area (Å²) in [7, 11) is 3.02. The predicted octanol–water partition coefficient (Wildman–Crippen LogP) is 4.81. The Kier molecular flexibility index (Phi) is 10.5. The van der Waals surface area contributed by atoms with Crippen molar-refractivity contribution in [2.24, 2.45) is 0 Å². The lowest BCUT2D eigenvalue weighted by molar-refractivity contribution is -0.142. The van der Waals surface area contributed by atoms with Crippen molar-refractivity contribution in [1.29, 1.82) is 0 Å². The van der Waals surface area contributed by atoms with Gasteiger partial charge in [0, 0.05) is 13.1 Å². The topological polar surface area (TPSA) is 106 Å². The third-order valence-electron chi connectivity index (χ3n) is 8.95. The van der Waals surface area contributed by atoms with E-state index < -0.39 is 22.5 Å². The number of halogens is 1. The highest BCUT2D eigenvalue weighted by molar-refractivity contribution is 6.31. The molecule has 3 aliphatic rings. The standard InChI is InChI=1S/C33H43ClN4O6/c1-32(34)26(24-12-6-4-7-13-24)14-10-16-33(32,44-21-20-37-17-8-5-9-18-37)23-43-31-35-28(41-2)25(29(36-31)42-3)22-38-19-11-15-27(38)30(39)40/h4,6-7,10,12-14,16,27H,5,8-9,11,15,17-23H2,1-3H3,(H,39,40)/t27-,32?,33?/m0/s1. The van der Waals surface area contributed by atoms with Crippen LogP contribution in [0.25, 0.3) is 5.57 Å². The molecule has 3 atom stereocenters. The summed E-state index contributed by atoms with van der Waals surface area (Å²) in [6.07, 6.45) is 11.0. The number of carboxylic acids is 1. The molecule has 2 aliphatic heterocycles. The lowest BCUT2D eigenvalue weighted by Gasteiger charge is -2.45. The molecule has 0 saturated carbocycles. The van der Waals surface area contributed by atoms with Crippen LogP contribution in [-0.4, -0.2) is 101 Å². The van der Waals surface area contributed by atoms with Gasteiger partial charge in [0.15, 0.2) is 0 Å². The van der Waals surface area contributed by atoms with Crippen LogP contribution in [0.15, 0.2) is 48.6 Å². The molecule has 11 heteroatoms. The van der Waals surface area contributed by atoms with Gasteiger partial charge in [-0.15, -0.1) is 11.6 Å². The maximum atomic E-state index is 11.8. The number of likely N-dealkylation sites (tertiary alicyclic amines) is 2. The van der Waals surface area contributed by atoms with Gasteiger partial charge in [-0.2, -0.15) is 9.97 Å². The Labute approximate surface area is 264 Å². The first kappa shape index (κ1) is 32.2. The van der Waals surface area contributed by atoms with Crippen LogP contribution in [0.4, 0.5) is 0 Å². The number of aliphatic carboxylic acids is 1. The van der Waals surface area contributed by atoms with E-state index in [1.165, 1.54) is 33.5 Å². The smallest absolute Gasteiger partial charge is 0.323 e. The SMILES string of the molecule is COc1nc(OCC2(OCCN3CCCCC3)C=CC=C(c3ccccc3)C2(C)Cl)nc(OC)c1CN1CCC[C@H]1C(=O)O. The van der Waals surface area contributed by atoms with Crippen LogP contribution >= 0.6 is 11.6 Å². The predicted molar refractivity (Wildman–Crippen MR) is 168 cm³/mol. The van der Waals surface area contributed by atoms with Gasteiger partial charge in [0.2, 0.25) is 11.8 Å². The quantitative estimate of drug-likeness (QED) is 0.311. The van der Waals surface area contributed by atoms with Crippen molar-refractivity contribution in [3.05, 3.63) is 59.7 Å². The number of alkyl halides is 1. The van der Waals surface area contributed by atoms with Crippen molar-refractivity contribution in [3.63, 3.8) is 0 Å². The van der Waals surface area contributed by atoms with E-state index in [1.54, 1.807) is 0 Å². The third kappa shape index (κ3) is 6.88. The van der Waals surface area contributed by atoms with Gasteiger partial charge in [0.1, 0.15) is 23.1 Å². The molecule has 1 aromatic heterocycles. The number of carbonyl (C=O) groups is 1. The Balaban J connectivity index is 1.40. The van der Waals surface area contributed by atoms with E-state index >= 15 is 0 Å². The Morgan fingerprint density at radius 2 is 1.75 bits per heavy atom. The van der Waals surface area contributed by atoms with Crippen molar-refractivity contribution in [3.8, 4) is 17.8 Å². The summed E-state index contributed by atoms with van der Waals surface area (Å²) in [6, 6.07) is 9.52. The second-order valence-corrected chi connectivity index (χ2v) is 12.5. The molecule has 1 aliphatic carbocycles. The third-order valence-corrected chi connectivity index (χ3v) is 9.48. The highest BCUT2D eigenvalue weighted by Gasteiger charge is 2.51. The molecule has 238 valence electrons. The van der Waals surface area contributed by atoms with Gasteiger partial charge < -0.3 is 29.0 Å². The fourth-order valence-corrected chi connectivity index (χ4v) is 6.75. The molecular formula is C33H43ClN4O6. The molecule has 0 spiro atoms. The summed E-state index contributed by atoms with van der Waals surface area (Å²) in [4.78, 5) is 24.2. The Morgan fingerprint density at radius 3 is 2.41 bits per heavy atom. The van der Waals surface area contributed by atoms with Crippen LogP contribution in [0.2, 0.25) is 0 Å². The Hall–Kier alpha value is -3.18. The molecule has 0 amide bonds. The van der Waals surface area contributed by atoms with Crippen LogP contribution < -0.4 is 14.2 Å². The van der Waals surface area contributed by atoms with Crippen LogP contribution in [0, 0.1) is 0 Å². The zero-order valence-electron chi connectivity index (χ0n) is 25.8. The number of carboxylic acid groups (broad SMARTS) is 1. The molecule has 44 heavy (non-hydrogen) atoms. The number of aromatic nitrogens is 2. The molecule has 2 saturated heterocycles. The van der Waals surface area contributed by atoms with Crippen molar-refractivity contribution < 1.29 is 28.8 Å². The van der Waals surface area contributed by atoms with E-state index in [0.29, 0.717) is 25.1 Å². The van der Waals surface area contributed by atoms with E-state index in [1.807, 2.05) is 60.4 Å². The lowest BCUT2D eigenvalue weighted by Crippen LogP contribution is -2.55. The molecule has 3 heterocycles. The summed E-state index contributed by atoms with van der Waals surface area (Å²) in [5.74, 6) is -0.318. The monoisotopic (exact) mass is 626 g/mol. The van der Waals surface area contributed by atoms with E-state index in [9.17, 15) is 9.90 Å². The van der Waals surface area contributed by atoms with E-state index in [-0.39, 0.29) is 30.9 Å². The zero-order chi connectivity index (χ0) is 31.2. The second-order valence-electron chi connectivity index (χ2n) is 11.7. The maximum Gasteiger partial charge on any atom is 0.323 e. The van der Waals surface area contributed by atoms with E-state index in [4.69, 9.17) is 30.5 Å². The normalized spacial score (nSPS) is 25.9. The van der Waals surface area contributed by atoms with Crippen molar-refractivity contribution >= 4 is 23.1 Å². The van der Waals surface area contributed by atoms with Gasteiger partial charge in [-0.25, -0.2) is 0 Å². The summed E-state index contributed by atoms with van der Waals surface area (Å²) < 4.78 is 24.3. The number of rotatable bonds is 13. The van der Waals surface area contributed by atoms with Gasteiger partial charge in [0.05, 0.1) is 26.4 Å². The average Bonchev–Trinajstić information content (AvgIpc) is 3.51. The van der Waals surface area contributed by atoms with Gasteiger partial charge in [-0.1, -0.05) is 48.9 Å². The van der Waals surface area contributed by atoms with Gasteiger partial charge in [-0.05, 0) is 69.5 Å². The molecule has 2 unspecified atom stereocenters. The number of methoxy groups -OCH3 is 2. The minimum Gasteiger partial charge on any atom is -0.481 e. The average molecular weight is 627 g/mol. The number of ether oxygens (including phenoxy) is 4. The summed E-state index contributed by atoms with van der Waals surface area (Å²) >= 11 is 7.48. The number of hydrogen-bond donors (Lipinski definition) is 1. The largest absolute Gasteiger partial charge is 0.481 e. The molecule has 1 aromatic carbocycles.